The standard InChI is InChI=1S/C13H21BrN2O/c1-9(2)16-8-4-3-5-10(15)13(16)11-6-7-12(14)17-11/h6-7,9-10,13H,3-5,8,15H2,1-2H3. The lowest BCUT2D eigenvalue weighted by molar-refractivity contribution is 0.125. The third-order valence-corrected chi connectivity index (χ3v) is 3.94. The molecule has 1 aliphatic heterocycles. The number of nitrogens with zero attached hydrogens (tertiary/aromatic N) is 1. The third kappa shape index (κ3) is 2.92. The molecule has 1 saturated heterocycles. The quantitative estimate of drug-likeness (QED) is 0.911. The molecule has 0 spiro atoms. The molecular weight excluding hydrogens is 280 g/mol. The minimum Gasteiger partial charge on any atom is -0.453 e. The first-order valence-corrected chi connectivity index (χ1v) is 7.15. The van der Waals surface area contributed by atoms with Crippen molar-refractivity contribution < 1.29 is 4.42 Å². The molecule has 1 fully saturated rings. The Hall–Kier alpha value is -0.320. The number of nitrogens with two attached hydrogens (primary N) is 1. The van der Waals surface area contributed by atoms with Crippen LogP contribution in [0.3, 0.4) is 0 Å². The predicted molar refractivity (Wildman–Crippen MR) is 72.8 cm³/mol. The van der Waals surface area contributed by atoms with E-state index >= 15 is 0 Å². The van der Waals surface area contributed by atoms with Gasteiger partial charge >= 0.3 is 0 Å². The van der Waals surface area contributed by atoms with Gasteiger partial charge in [0.15, 0.2) is 4.67 Å². The topological polar surface area (TPSA) is 42.4 Å². The maximum atomic E-state index is 6.33. The predicted octanol–water partition coefficient (Wildman–Crippen LogP) is 3.30. The lowest BCUT2D eigenvalue weighted by Gasteiger charge is -2.34. The zero-order chi connectivity index (χ0) is 12.4. The maximum absolute atomic E-state index is 6.33. The number of likely N-dealkylation sites (tertiary alicyclic amines) is 1. The van der Waals surface area contributed by atoms with Crippen LogP contribution in [0.15, 0.2) is 21.2 Å². The van der Waals surface area contributed by atoms with Crippen molar-refractivity contribution in [1.82, 2.24) is 4.90 Å². The van der Waals surface area contributed by atoms with Gasteiger partial charge in [-0.15, -0.1) is 0 Å². The Morgan fingerprint density at radius 2 is 2.18 bits per heavy atom. The minimum atomic E-state index is 0.165. The second-order valence-electron chi connectivity index (χ2n) is 5.08. The Labute approximate surface area is 111 Å². The molecule has 0 aliphatic carbocycles. The van der Waals surface area contributed by atoms with Crippen LogP contribution in [0.4, 0.5) is 0 Å². The zero-order valence-corrected chi connectivity index (χ0v) is 12.1. The van der Waals surface area contributed by atoms with Crippen LogP contribution in [-0.4, -0.2) is 23.5 Å². The highest BCUT2D eigenvalue weighted by Gasteiger charge is 2.32. The first-order valence-electron chi connectivity index (χ1n) is 6.36. The zero-order valence-electron chi connectivity index (χ0n) is 10.5. The molecular formula is C13H21BrN2O. The molecule has 17 heavy (non-hydrogen) atoms. The second kappa shape index (κ2) is 5.55. The summed E-state index contributed by atoms with van der Waals surface area (Å²) in [7, 11) is 0. The van der Waals surface area contributed by atoms with Gasteiger partial charge < -0.3 is 10.2 Å². The molecule has 2 unspecified atom stereocenters. The second-order valence-corrected chi connectivity index (χ2v) is 5.86. The molecule has 1 aromatic heterocycles. The number of hydrogen-bond donors (Lipinski definition) is 1. The number of hydrogen-bond acceptors (Lipinski definition) is 3. The number of furan rings is 1. The molecule has 2 atom stereocenters. The summed E-state index contributed by atoms with van der Waals surface area (Å²) in [5.41, 5.74) is 6.33. The van der Waals surface area contributed by atoms with E-state index in [9.17, 15) is 0 Å². The van der Waals surface area contributed by atoms with Gasteiger partial charge in [0.1, 0.15) is 5.76 Å². The summed E-state index contributed by atoms with van der Waals surface area (Å²) >= 11 is 3.37. The number of halogens is 1. The highest BCUT2D eigenvalue weighted by Crippen LogP contribution is 2.33. The van der Waals surface area contributed by atoms with Gasteiger partial charge in [0.2, 0.25) is 0 Å². The van der Waals surface area contributed by atoms with Crippen molar-refractivity contribution in [2.24, 2.45) is 5.73 Å². The van der Waals surface area contributed by atoms with E-state index in [1.807, 2.05) is 12.1 Å². The van der Waals surface area contributed by atoms with Crippen molar-refractivity contribution in [3.8, 4) is 0 Å². The van der Waals surface area contributed by atoms with Gasteiger partial charge in [-0.3, -0.25) is 4.90 Å². The molecule has 1 aliphatic rings. The Balaban J connectivity index is 2.29. The molecule has 4 heteroatoms. The first kappa shape index (κ1) is 13.1. The van der Waals surface area contributed by atoms with Crippen molar-refractivity contribution in [2.75, 3.05) is 6.54 Å². The normalized spacial score (nSPS) is 27.4. The number of rotatable bonds is 2. The maximum Gasteiger partial charge on any atom is 0.169 e. The van der Waals surface area contributed by atoms with Crippen LogP contribution in [0.5, 0.6) is 0 Å². The fourth-order valence-electron chi connectivity index (χ4n) is 2.66. The van der Waals surface area contributed by atoms with Crippen LogP contribution in [0.1, 0.15) is 44.9 Å². The molecule has 0 saturated carbocycles. The van der Waals surface area contributed by atoms with Gasteiger partial charge in [-0.25, -0.2) is 0 Å². The van der Waals surface area contributed by atoms with Crippen molar-refractivity contribution in [1.29, 1.82) is 0 Å². The summed E-state index contributed by atoms with van der Waals surface area (Å²) in [6.45, 7) is 5.56. The van der Waals surface area contributed by atoms with E-state index in [-0.39, 0.29) is 12.1 Å². The monoisotopic (exact) mass is 300 g/mol. The fourth-order valence-corrected chi connectivity index (χ4v) is 2.98. The van der Waals surface area contributed by atoms with Crippen LogP contribution < -0.4 is 5.73 Å². The van der Waals surface area contributed by atoms with Gasteiger partial charge in [-0.2, -0.15) is 0 Å². The van der Waals surface area contributed by atoms with Crippen molar-refractivity contribution in [3.05, 3.63) is 22.6 Å². The van der Waals surface area contributed by atoms with Crippen LogP contribution >= 0.6 is 15.9 Å². The fraction of sp³-hybridized carbons (Fsp3) is 0.692. The van der Waals surface area contributed by atoms with Gasteiger partial charge in [-0.1, -0.05) is 6.42 Å². The smallest absolute Gasteiger partial charge is 0.169 e. The molecule has 0 radical (unpaired) electrons. The SMILES string of the molecule is CC(C)N1CCCCC(N)C1c1ccc(Br)o1. The molecule has 2 N–H and O–H groups in total. The van der Waals surface area contributed by atoms with Gasteiger partial charge in [-0.05, 0) is 61.3 Å². The molecule has 2 heterocycles. The summed E-state index contributed by atoms with van der Waals surface area (Å²) in [6.07, 6.45) is 3.51. The first-order chi connectivity index (χ1) is 8.09. The van der Waals surface area contributed by atoms with E-state index in [0.29, 0.717) is 6.04 Å². The summed E-state index contributed by atoms with van der Waals surface area (Å²) in [5.74, 6) is 0.986. The molecule has 3 nitrogen and oxygen atoms in total. The van der Waals surface area contributed by atoms with E-state index in [1.165, 1.54) is 12.8 Å². The minimum absolute atomic E-state index is 0.165. The van der Waals surface area contributed by atoms with Crippen LogP contribution in [0.25, 0.3) is 0 Å². The molecule has 0 amide bonds. The van der Waals surface area contributed by atoms with E-state index in [4.69, 9.17) is 10.2 Å². The van der Waals surface area contributed by atoms with Crippen LogP contribution in [0, 0.1) is 0 Å². The van der Waals surface area contributed by atoms with Gasteiger partial charge in [0.05, 0.1) is 6.04 Å². The Kier molecular flexibility index (Phi) is 4.28. The highest BCUT2D eigenvalue weighted by atomic mass is 79.9. The van der Waals surface area contributed by atoms with E-state index in [1.54, 1.807) is 0 Å². The molecule has 2 rings (SSSR count). The highest BCUT2D eigenvalue weighted by molar-refractivity contribution is 9.10. The summed E-state index contributed by atoms with van der Waals surface area (Å²) in [6, 6.07) is 4.86. The summed E-state index contributed by atoms with van der Waals surface area (Å²) in [5, 5.41) is 0. The molecule has 0 bridgehead atoms. The van der Waals surface area contributed by atoms with E-state index in [0.717, 1.165) is 23.4 Å². The van der Waals surface area contributed by atoms with Crippen LogP contribution in [0.2, 0.25) is 0 Å². The summed E-state index contributed by atoms with van der Waals surface area (Å²) < 4.78 is 6.51. The van der Waals surface area contributed by atoms with E-state index < -0.39 is 0 Å². The van der Waals surface area contributed by atoms with Crippen molar-refractivity contribution in [2.45, 2.75) is 51.2 Å². The van der Waals surface area contributed by atoms with E-state index in [2.05, 4.69) is 34.7 Å². The van der Waals surface area contributed by atoms with Crippen LogP contribution in [-0.2, 0) is 0 Å². The van der Waals surface area contributed by atoms with Crippen molar-refractivity contribution >= 4 is 15.9 Å². The third-order valence-electron chi connectivity index (χ3n) is 3.52. The van der Waals surface area contributed by atoms with Gasteiger partial charge in [0, 0.05) is 12.1 Å². The molecule has 0 aromatic carbocycles. The summed E-state index contributed by atoms with van der Waals surface area (Å²) in [4.78, 5) is 2.46. The largest absolute Gasteiger partial charge is 0.453 e. The average molecular weight is 301 g/mol. The Bertz CT molecular complexity index is 364. The van der Waals surface area contributed by atoms with Gasteiger partial charge in [0.25, 0.3) is 0 Å². The lowest BCUT2D eigenvalue weighted by Crippen LogP contribution is -2.43. The molecule has 1 aromatic rings. The Morgan fingerprint density at radius 3 is 2.76 bits per heavy atom. The lowest BCUT2D eigenvalue weighted by atomic mass is 10.0. The van der Waals surface area contributed by atoms with Crippen molar-refractivity contribution in [3.63, 3.8) is 0 Å². The molecule has 96 valence electrons. The average Bonchev–Trinajstić information content (AvgIpc) is 2.58. The Morgan fingerprint density at radius 1 is 1.41 bits per heavy atom.